The highest BCUT2D eigenvalue weighted by atomic mass is 35.5. The summed E-state index contributed by atoms with van der Waals surface area (Å²) < 4.78 is 0. The Hall–Kier alpha value is -2.11. The molecule has 2 N–H and O–H groups in total. The van der Waals surface area contributed by atoms with E-state index in [1.165, 1.54) is 19.3 Å². The maximum Gasteiger partial charge on any atom is 0.257 e. The predicted molar refractivity (Wildman–Crippen MR) is 112 cm³/mol. The van der Waals surface area contributed by atoms with Gasteiger partial charge in [0.1, 0.15) is 0 Å². The first-order valence-corrected chi connectivity index (χ1v) is 9.55. The standard InChI is InChI=1S/C20H22ClN3OS/c1-14-7-3-4-8-16(14)19(25)23-20(26)22-15-9-10-18(17(21)13-15)24-11-5-2-6-12-24/h3-4,7-10,13H,2,5-6,11-12H2,1H3,(H2,22,23,25,26). The van der Waals surface area contributed by atoms with Gasteiger partial charge in [0.2, 0.25) is 0 Å². The van der Waals surface area contributed by atoms with Gasteiger partial charge in [-0.05, 0) is 68.2 Å². The molecule has 3 rings (SSSR count). The molecule has 0 aromatic heterocycles. The molecule has 1 saturated heterocycles. The van der Waals surface area contributed by atoms with Crippen LogP contribution in [-0.2, 0) is 0 Å². The molecule has 1 aliphatic rings. The third-order valence-electron chi connectivity index (χ3n) is 4.52. The third kappa shape index (κ3) is 4.54. The zero-order valence-corrected chi connectivity index (χ0v) is 16.3. The lowest BCUT2D eigenvalue weighted by Crippen LogP contribution is -2.34. The number of benzene rings is 2. The first-order valence-electron chi connectivity index (χ1n) is 8.77. The number of piperidine rings is 1. The summed E-state index contributed by atoms with van der Waals surface area (Å²) in [4.78, 5) is 14.6. The van der Waals surface area contributed by atoms with Gasteiger partial charge in [-0.1, -0.05) is 29.8 Å². The van der Waals surface area contributed by atoms with E-state index >= 15 is 0 Å². The van der Waals surface area contributed by atoms with Gasteiger partial charge in [-0.25, -0.2) is 0 Å². The molecule has 2 aromatic carbocycles. The molecule has 0 unspecified atom stereocenters. The molecular weight excluding hydrogens is 366 g/mol. The van der Waals surface area contributed by atoms with Gasteiger partial charge in [0.05, 0.1) is 10.7 Å². The van der Waals surface area contributed by atoms with Gasteiger partial charge in [0.15, 0.2) is 5.11 Å². The number of aryl methyl sites for hydroxylation is 1. The number of halogens is 1. The number of thiocarbonyl (C=S) groups is 1. The van der Waals surface area contributed by atoms with Crippen molar-refractivity contribution in [2.45, 2.75) is 26.2 Å². The van der Waals surface area contributed by atoms with Crippen molar-refractivity contribution in [3.05, 3.63) is 58.6 Å². The topological polar surface area (TPSA) is 44.4 Å². The Labute approximate surface area is 164 Å². The van der Waals surface area contributed by atoms with E-state index in [0.717, 1.165) is 30.0 Å². The number of anilines is 2. The van der Waals surface area contributed by atoms with E-state index in [-0.39, 0.29) is 11.0 Å². The number of nitrogens with one attached hydrogen (secondary N) is 2. The molecule has 26 heavy (non-hydrogen) atoms. The fourth-order valence-corrected chi connectivity index (χ4v) is 3.65. The van der Waals surface area contributed by atoms with Gasteiger partial charge in [-0.3, -0.25) is 10.1 Å². The van der Waals surface area contributed by atoms with Crippen LogP contribution in [0.2, 0.25) is 5.02 Å². The average molecular weight is 388 g/mol. The van der Waals surface area contributed by atoms with Crippen LogP contribution < -0.4 is 15.5 Å². The van der Waals surface area contributed by atoms with E-state index < -0.39 is 0 Å². The normalized spacial score (nSPS) is 14.0. The average Bonchev–Trinajstić information content (AvgIpc) is 2.62. The number of carbonyl (C=O) groups excluding carboxylic acids is 1. The second kappa shape index (κ2) is 8.52. The first-order chi connectivity index (χ1) is 12.5. The van der Waals surface area contributed by atoms with Gasteiger partial charge < -0.3 is 10.2 Å². The Morgan fingerprint density at radius 2 is 1.85 bits per heavy atom. The maximum absolute atomic E-state index is 12.3. The van der Waals surface area contributed by atoms with Crippen molar-refractivity contribution in [1.82, 2.24) is 5.32 Å². The Balaban J connectivity index is 1.63. The fraction of sp³-hybridized carbons (Fsp3) is 0.300. The summed E-state index contributed by atoms with van der Waals surface area (Å²) in [7, 11) is 0. The molecule has 2 aromatic rings. The Morgan fingerprint density at radius 1 is 1.12 bits per heavy atom. The minimum Gasteiger partial charge on any atom is -0.370 e. The molecule has 1 fully saturated rings. The second-order valence-electron chi connectivity index (χ2n) is 6.44. The lowest BCUT2D eigenvalue weighted by atomic mass is 10.1. The van der Waals surface area contributed by atoms with Crippen LogP contribution in [0.1, 0.15) is 35.2 Å². The van der Waals surface area contributed by atoms with Crippen LogP contribution >= 0.6 is 23.8 Å². The monoisotopic (exact) mass is 387 g/mol. The number of amides is 1. The molecule has 136 valence electrons. The quantitative estimate of drug-likeness (QED) is 0.745. The van der Waals surface area contributed by atoms with Crippen molar-refractivity contribution in [2.24, 2.45) is 0 Å². The summed E-state index contributed by atoms with van der Waals surface area (Å²) >= 11 is 11.7. The van der Waals surface area contributed by atoms with E-state index in [9.17, 15) is 4.79 Å². The van der Waals surface area contributed by atoms with Crippen LogP contribution in [0.4, 0.5) is 11.4 Å². The summed E-state index contributed by atoms with van der Waals surface area (Å²) in [5, 5.41) is 6.68. The van der Waals surface area contributed by atoms with Crippen LogP contribution in [0.15, 0.2) is 42.5 Å². The molecule has 0 radical (unpaired) electrons. The van der Waals surface area contributed by atoms with Crippen molar-refractivity contribution in [3.63, 3.8) is 0 Å². The van der Waals surface area contributed by atoms with E-state index in [4.69, 9.17) is 23.8 Å². The molecule has 0 atom stereocenters. The number of rotatable bonds is 3. The molecule has 0 bridgehead atoms. The van der Waals surface area contributed by atoms with Crippen molar-refractivity contribution in [3.8, 4) is 0 Å². The summed E-state index contributed by atoms with van der Waals surface area (Å²) in [5.74, 6) is -0.225. The van der Waals surface area contributed by atoms with Gasteiger partial charge in [0.25, 0.3) is 5.91 Å². The first kappa shape index (κ1) is 18.7. The van der Waals surface area contributed by atoms with Crippen LogP contribution in [0, 0.1) is 6.92 Å². The van der Waals surface area contributed by atoms with Crippen LogP contribution in [0.5, 0.6) is 0 Å². The van der Waals surface area contributed by atoms with Crippen molar-refractivity contribution < 1.29 is 4.79 Å². The molecule has 1 aliphatic heterocycles. The summed E-state index contributed by atoms with van der Waals surface area (Å²) in [6.07, 6.45) is 3.68. The Bertz CT molecular complexity index is 818. The Morgan fingerprint density at radius 3 is 2.54 bits per heavy atom. The zero-order chi connectivity index (χ0) is 18.5. The zero-order valence-electron chi connectivity index (χ0n) is 14.7. The highest BCUT2D eigenvalue weighted by Gasteiger charge is 2.15. The van der Waals surface area contributed by atoms with Crippen LogP contribution in [0.25, 0.3) is 0 Å². The highest BCUT2D eigenvalue weighted by Crippen LogP contribution is 2.30. The number of hydrogen-bond donors (Lipinski definition) is 2. The lowest BCUT2D eigenvalue weighted by Gasteiger charge is -2.29. The molecule has 1 heterocycles. The fourth-order valence-electron chi connectivity index (χ4n) is 3.14. The Kier molecular flexibility index (Phi) is 6.12. The number of hydrogen-bond acceptors (Lipinski definition) is 3. The smallest absolute Gasteiger partial charge is 0.257 e. The van der Waals surface area contributed by atoms with Crippen LogP contribution in [-0.4, -0.2) is 24.1 Å². The molecule has 4 nitrogen and oxygen atoms in total. The minimum absolute atomic E-state index is 0.225. The second-order valence-corrected chi connectivity index (χ2v) is 7.25. The van der Waals surface area contributed by atoms with Gasteiger partial charge in [0, 0.05) is 24.3 Å². The van der Waals surface area contributed by atoms with Gasteiger partial charge in [-0.15, -0.1) is 0 Å². The SMILES string of the molecule is Cc1ccccc1C(=O)NC(=S)Nc1ccc(N2CCCCC2)c(Cl)c1. The van der Waals surface area contributed by atoms with E-state index in [0.29, 0.717) is 10.6 Å². The van der Waals surface area contributed by atoms with Gasteiger partial charge >= 0.3 is 0 Å². The molecule has 0 saturated carbocycles. The third-order valence-corrected chi connectivity index (χ3v) is 5.03. The molecule has 0 spiro atoms. The van der Waals surface area contributed by atoms with Crippen molar-refractivity contribution in [2.75, 3.05) is 23.3 Å². The largest absolute Gasteiger partial charge is 0.370 e. The molecular formula is C20H22ClN3OS. The van der Waals surface area contributed by atoms with Crippen LogP contribution in [0.3, 0.4) is 0 Å². The van der Waals surface area contributed by atoms with Gasteiger partial charge in [-0.2, -0.15) is 0 Å². The maximum atomic E-state index is 12.3. The minimum atomic E-state index is -0.225. The number of nitrogens with zero attached hydrogens (tertiary/aromatic N) is 1. The molecule has 1 amide bonds. The molecule has 0 aliphatic carbocycles. The summed E-state index contributed by atoms with van der Waals surface area (Å²) in [6.45, 7) is 3.97. The molecule has 6 heteroatoms. The lowest BCUT2D eigenvalue weighted by molar-refractivity contribution is 0.0977. The summed E-state index contributed by atoms with van der Waals surface area (Å²) in [6, 6.07) is 13.2. The van der Waals surface area contributed by atoms with Crippen molar-refractivity contribution >= 4 is 46.2 Å². The van der Waals surface area contributed by atoms with E-state index in [1.54, 1.807) is 6.07 Å². The van der Waals surface area contributed by atoms with E-state index in [1.807, 2.05) is 43.3 Å². The van der Waals surface area contributed by atoms with E-state index in [2.05, 4.69) is 15.5 Å². The predicted octanol–water partition coefficient (Wildman–Crippen LogP) is 4.77. The van der Waals surface area contributed by atoms with Crippen molar-refractivity contribution in [1.29, 1.82) is 0 Å². The summed E-state index contributed by atoms with van der Waals surface area (Å²) in [5.41, 5.74) is 3.31. The highest BCUT2D eigenvalue weighted by molar-refractivity contribution is 7.80. The number of carbonyl (C=O) groups is 1.